The van der Waals surface area contributed by atoms with Crippen molar-refractivity contribution in [3.05, 3.63) is 58.1 Å². The van der Waals surface area contributed by atoms with Gasteiger partial charge in [0.1, 0.15) is 12.4 Å². The first-order chi connectivity index (χ1) is 15.6. The van der Waals surface area contributed by atoms with Crippen molar-refractivity contribution in [1.82, 2.24) is 4.90 Å². The van der Waals surface area contributed by atoms with Crippen molar-refractivity contribution in [2.75, 3.05) is 31.6 Å². The number of carbonyl (C=O) groups is 2. The van der Waals surface area contributed by atoms with Gasteiger partial charge in [-0.05, 0) is 84.1 Å². The highest BCUT2D eigenvalue weighted by molar-refractivity contribution is 9.10. The van der Waals surface area contributed by atoms with Crippen LogP contribution < -0.4 is 10.1 Å². The Labute approximate surface area is 197 Å². The Morgan fingerprint density at radius 3 is 2.38 bits per heavy atom. The summed E-state index contributed by atoms with van der Waals surface area (Å²) in [5.74, 6) is 0.531. The molecule has 2 aromatic carbocycles. The highest BCUT2D eigenvalue weighted by Gasteiger charge is 2.18. The van der Waals surface area contributed by atoms with Crippen LogP contribution in [-0.4, -0.2) is 49.1 Å². The number of halogens is 1. The molecular formula is C25H29BrN2O4. The highest BCUT2D eigenvalue weighted by Crippen LogP contribution is 2.27. The molecule has 0 bridgehead atoms. The zero-order valence-electron chi connectivity index (χ0n) is 18.1. The molecule has 0 spiro atoms. The van der Waals surface area contributed by atoms with Gasteiger partial charge in [0, 0.05) is 36.5 Å². The fourth-order valence-corrected chi connectivity index (χ4v) is 4.57. The first kappa shape index (κ1) is 22.8. The third-order valence-electron chi connectivity index (χ3n) is 5.93. The number of amides is 2. The third kappa shape index (κ3) is 5.90. The average Bonchev–Trinajstić information content (AvgIpc) is 3.18. The van der Waals surface area contributed by atoms with E-state index in [2.05, 4.69) is 21.2 Å². The number of carbonyl (C=O) groups excluding carboxylic acids is 2. The molecule has 2 aliphatic rings. The molecule has 2 amide bonds. The van der Waals surface area contributed by atoms with Crippen molar-refractivity contribution in [3.63, 3.8) is 0 Å². The SMILES string of the molecule is O=C(Nc1ccc(C(=O)N2CCCCCC2)cc1)c1ccc(OCC2CCCO2)c(Br)c1. The Bertz CT molecular complexity index is 933. The van der Waals surface area contributed by atoms with E-state index in [1.165, 1.54) is 12.8 Å². The molecule has 0 saturated carbocycles. The molecule has 2 aromatic rings. The minimum Gasteiger partial charge on any atom is -0.490 e. The lowest BCUT2D eigenvalue weighted by molar-refractivity contribution is 0.0677. The average molecular weight is 501 g/mol. The van der Waals surface area contributed by atoms with Gasteiger partial charge in [-0.2, -0.15) is 0 Å². The summed E-state index contributed by atoms with van der Waals surface area (Å²) in [5, 5.41) is 2.89. The van der Waals surface area contributed by atoms with Crippen molar-refractivity contribution < 1.29 is 19.1 Å². The van der Waals surface area contributed by atoms with Gasteiger partial charge in [-0.25, -0.2) is 0 Å². The lowest BCUT2D eigenvalue weighted by atomic mass is 10.1. The summed E-state index contributed by atoms with van der Waals surface area (Å²) in [7, 11) is 0. The van der Waals surface area contributed by atoms with E-state index >= 15 is 0 Å². The second-order valence-electron chi connectivity index (χ2n) is 8.33. The lowest BCUT2D eigenvalue weighted by Crippen LogP contribution is -2.31. The predicted octanol–water partition coefficient (Wildman–Crippen LogP) is 5.28. The Hall–Kier alpha value is -2.38. The van der Waals surface area contributed by atoms with Crippen LogP contribution in [0.2, 0.25) is 0 Å². The Morgan fingerprint density at radius 2 is 1.72 bits per heavy atom. The van der Waals surface area contributed by atoms with Crippen LogP contribution in [0.1, 0.15) is 59.2 Å². The van der Waals surface area contributed by atoms with Crippen molar-refractivity contribution in [1.29, 1.82) is 0 Å². The molecule has 0 aromatic heterocycles. The Morgan fingerprint density at radius 1 is 1.00 bits per heavy atom. The van der Waals surface area contributed by atoms with E-state index < -0.39 is 0 Å². The normalized spacial score (nSPS) is 18.8. The van der Waals surface area contributed by atoms with E-state index in [0.717, 1.165) is 49.9 Å². The summed E-state index contributed by atoms with van der Waals surface area (Å²) in [6, 6.07) is 12.4. The van der Waals surface area contributed by atoms with Crippen LogP contribution in [-0.2, 0) is 4.74 Å². The maximum atomic E-state index is 12.7. The van der Waals surface area contributed by atoms with Crippen molar-refractivity contribution in [2.24, 2.45) is 0 Å². The molecule has 6 nitrogen and oxygen atoms in total. The minimum absolute atomic E-state index is 0.0623. The Balaban J connectivity index is 1.33. The van der Waals surface area contributed by atoms with Gasteiger partial charge in [0.05, 0.1) is 10.6 Å². The fraction of sp³-hybridized carbons (Fsp3) is 0.440. The molecule has 32 heavy (non-hydrogen) atoms. The van der Waals surface area contributed by atoms with Crippen molar-refractivity contribution in [2.45, 2.75) is 44.6 Å². The largest absolute Gasteiger partial charge is 0.490 e. The van der Waals surface area contributed by atoms with Gasteiger partial charge in [0.25, 0.3) is 11.8 Å². The van der Waals surface area contributed by atoms with Crippen molar-refractivity contribution >= 4 is 33.4 Å². The van der Waals surface area contributed by atoms with E-state index in [4.69, 9.17) is 9.47 Å². The molecule has 1 atom stereocenters. The van der Waals surface area contributed by atoms with Crippen LogP contribution in [0.15, 0.2) is 46.9 Å². The maximum absolute atomic E-state index is 12.7. The third-order valence-corrected chi connectivity index (χ3v) is 6.55. The van der Waals surface area contributed by atoms with Gasteiger partial charge in [-0.3, -0.25) is 9.59 Å². The maximum Gasteiger partial charge on any atom is 0.255 e. The molecule has 2 fully saturated rings. The quantitative estimate of drug-likeness (QED) is 0.585. The van der Waals surface area contributed by atoms with Gasteiger partial charge in [-0.15, -0.1) is 0 Å². The first-order valence-corrected chi connectivity index (χ1v) is 12.1. The van der Waals surface area contributed by atoms with E-state index in [1.807, 2.05) is 4.90 Å². The predicted molar refractivity (Wildman–Crippen MR) is 127 cm³/mol. The highest BCUT2D eigenvalue weighted by atomic mass is 79.9. The van der Waals surface area contributed by atoms with Gasteiger partial charge >= 0.3 is 0 Å². The van der Waals surface area contributed by atoms with Crippen LogP contribution in [0.3, 0.4) is 0 Å². The van der Waals surface area contributed by atoms with Crippen LogP contribution >= 0.6 is 15.9 Å². The van der Waals surface area contributed by atoms with E-state index in [1.54, 1.807) is 42.5 Å². The van der Waals surface area contributed by atoms with Gasteiger partial charge in [0.2, 0.25) is 0 Å². The number of hydrogen-bond donors (Lipinski definition) is 1. The summed E-state index contributed by atoms with van der Waals surface area (Å²) < 4.78 is 12.1. The topological polar surface area (TPSA) is 67.9 Å². The second kappa shape index (κ2) is 11.0. The number of anilines is 1. The summed E-state index contributed by atoms with van der Waals surface area (Å²) >= 11 is 3.49. The summed E-state index contributed by atoms with van der Waals surface area (Å²) in [6.45, 7) is 2.94. The number of hydrogen-bond acceptors (Lipinski definition) is 4. The molecule has 7 heteroatoms. The van der Waals surface area contributed by atoms with Crippen molar-refractivity contribution in [3.8, 4) is 5.75 Å². The zero-order chi connectivity index (χ0) is 22.3. The number of benzene rings is 2. The van der Waals surface area contributed by atoms with Gasteiger partial charge in [0.15, 0.2) is 0 Å². The van der Waals surface area contributed by atoms with Crippen LogP contribution in [0.4, 0.5) is 5.69 Å². The molecule has 0 radical (unpaired) electrons. The van der Waals surface area contributed by atoms with E-state index in [0.29, 0.717) is 29.2 Å². The van der Waals surface area contributed by atoms with E-state index in [-0.39, 0.29) is 17.9 Å². The van der Waals surface area contributed by atoms with Crippen LogP contribution in [0.25, 0.3) is 0 Å². The number of ether oxygens (including phenoxy) is 2. The summed E-state index contributed by atoms with van der Waals surface area (Å²) in [4.78, 5) is 27.3. The summed E-state index contributed by atoms with van der Waals surface area (Å²) in [5.41, 5.74) is 1.82. The Kier molecular flexibility index (Phi) is 7.81. The molecule has 2 heterocycles. The number of likely N-dealkylation sites (tertiary alicyclic amines) is 1. The fourth-order valence-electron chi connectivity index (χ4n) is 4.07. The van der Waals surface area contributed by atoms with E-state index in [9.17, 15) is 9.59 Å². The number of nitrogens with zero attached hydrogens (tertiary/aromatic N) is 1. The minimum atomic E-state index is -0.219. The number of nitrogens with one attached hydrogen (secondary N) is 1. The molecule has 1 N–H and O–H groups in total. The summed E-state index contributed by atoms with van der Waals surface area (Å²) in [6.07, 6.45) is 6.72. The first-order valence-electron chi connectivity index (χ1n) is 11.3. The second-order valence-corrected chi connectivity index (χ2v) is 9.18. The molecule has 170 valence electrons. The molecule has 0 aliphatic carbocycles. The lowest BCUT2D eigenvalue weighted by Gasteiger charge is -2.20. The van der Waals surface area contributed by atoms with Gasteiger partial charge < -0.3 is 19.7 Å². The molecule has 2 aliphatic heterocycles. The number of rotatable bonds is 6. The standard InChI is InChI=1S/C25H29BrN2O4/c26-22-16-19(9-12-23(22)32-17-21-6-5-15-31-21)24(29)27-20-10-7-18(8-11-20)25(30)28-13-3-1-2-4-14-28/h7-12,16,21H,1-6,13-15,17H2,(H,27,29). The molecular weight excluding hydrogens is 472 g/mol. The smallest absolute Gasteiger partial charge is 0.255 e. The van der Waals surface area contributed by atoms with Crippen LogP contribution in [0, 0.1) is 0 Å². The molecule has 4 rings (SSSR count). The monoisotopic (exact) mass is 500 g/mol. The van der Waals surface area contributed by atoms with Gasteiger partial charge in [-0.1, -0.05) is 12.8 Å². The zero-order valence-corrected chi connectivity index (χ0v) is 19.7. The molecule has 1 unspecified atom stereocenters. The van der Waals surface area contributed by atoms with Crippen LogP contribution in [0.5, 0.6) is 5.75 Å². The molecule has 2 saturated heterocycles.